The van der Waals surface area contributed by atoms with Gasteiger partial charge in [0.05, 0.1) is 0 Å². The smallest absolute Gasteiger partial charge is 0 e. The van der Waals surface area contributed by atoms with Crippen LogP contribution in [0.15, 0.2) is 0 Å². The van der Waals surface area contributed by atoms with Gasteiger partial charge in [0, 0.05) is 0 Å². The molecule has 0 atom stereocenters. The van der Waals surface area contributed by atoms with E-state index in [1.54, 1.807) is 0 Å². The van der Waals surface area contributed by atoms with Gasteiger partial charge in [0.15, 0.2) is 0 Å². The van der Waals surface area contributed by atoms with E-state index in [1.807, 2.05) is 0 Å². The van der Waals surface area contributed by atoms with Crippen LogP contribution in [0.1, 0.15) is 33.4 Å². The molecule has 0 aliphatic carbocycles. The second-order valence-corrected chi connectivity index (χ2v) is 4.66. The van der Waals surface area contributed by atoms with Gasteiger partial charge in [-0.15, -0.1) is 0 Å². The van der Waals surface area contributed by atoms with Crippen molar-refractivity contribution < 1.29 is 0 Å². The molecule has 0 heterocycles. The van der Waals surface area contributed by atoms with Crippen molar-refractivity contribution >= 4 is 45.2 Å². The molecule has 0 saturated carbocycles. The summed E-state index contributed by atoms with van der Waals surface area (Å²) in [5.41, 5.74) is 6.50. The van der Waals surface area contributed by atoms with E-state index in [0.29, 0.717) is 0 Å². The molecule has 0 N–H and O–H groups in total. The average Bonchev–Trinajstić information content (AvgIpc) is 2.16. The fourth-order valence-electron chi connectivity index (χ4n) is 1.42. The van der Waals surface area contributed by atoms with Gasteiger partial charge in [-0.1, -0.05) is 45.2 Å². The molecule has 0 fully saturated rings. The van der Waals surface area contributed by atoms with Crippen molar-refractivity contribution in [1.29, 1.82) is 0 Å². The van der Waals surface area contributed by atoms with Crippen LogP contribution in [0, 0.1) is 27.7 Å². The second kappa shape index (κ2) is 7.45. The third-order valence-electron chi connectivity index (χ3n) is 2.45. The fourth-order valence-corrected chi connectivity index (χ4v) is 3.26. The van der Waals surface area contributed by atoms with Crippen LogP contribution in [0.2, 0.25) is 0 Å². The number of halogens is 2. The number of benzene rings is 1. The Bertz CT molecular complexity index is 337. The summed E-state index contributed by atoms with van der Waals surface area (Å²) >= 11 is 4.67. The molecular formula is C12H12I2Lr4-4. The van der Waals surface area contributed by atoms with Crippen molar-refractivity contribution in [3.05, 3.63) is 61.1 Å². The summed E-state index contributed by atoms with van der Waals surface area (Å²) in [7, 11) is 0. The molecule has 1 rings (SSSR count). The molecular weight excluding hydrogens is 1450 g/mol. The minimum Gasteiger partial charge on any atom is -0.316 e. The zero-order valence-electron chi connectivity index (χ0n) is 9.03. The van der Waals surface area contributed by atoms with Gasteiger partial charge in [0.2, 0.25) is 0 Å². The molecule has 0 aliphatic heterocycles. The molecule has 0 aromatic heterocycles. The van der Waals surface area contributed by atoms with Crippen molar-refractivity contribution in [3.63, 3.8) is 0 Å². The zero-order valence-corrected chi connectivity index (χ0v) is 21.9. The van der Waals surface area contributed by atoms with Crippen molar-refractivity contribution in [2.75, 3.05) is 0 Å². The average molecular weight is 1460 g/mol. The molecule has 18 heavy (non-hydrogen) atoms. The SMILES string of the molecule is [CH2-]c1c([CH2-])c(CI)c([CH2-])c(CI)c1[CH2-].[Lr].[Lr].[Lr].[Lr]. The molecule has 138 valence electrons. The number of hydrogen-bond acceptors (Lipinski definition) is 0. The van der Waals surface area contributed by atoms with Crippen LogP contribution in [0.5, 0.6) is 0 Å². The molecule has 0 aliphatic rings. The van der Waals surface area contributed by atoms with E-state index in [0.717, 1.165) is 31.1 Å². The third-order valence-corrected chi connectivity index (χ3v) is 3.98. The van der Waals surface area contributed by atoms with Crippen molar-refractivity contribution in [2.24, 2.45) is 0 Å². The van der Waals surface area contributed by atoms with Crippen LogP contribution >= 0.6 is 45.2 Å². The summed E-state index contributed by atoms with van der Waals surface area (Å²) in [4.78, 5) is 0. The molecule has 0 unspecified atom stereocenters. The molecule has 4 radical (unpaired) electrons. The molecule has 0 saturated heterocycles. The summed E-state index contributed by atoms with van der Waals surface area (Å²) < 4.78 is 1.86. The second-order valence-electron chi connectivity index (χ2n) is 3.14. The van der Waals surface area contributed by atoms with E-state index in [2.05, 4.69) is 72.9 Å². The Labute approximate surface area is 114 Å². The Balaban J connectivity index is -0.000000245. The van der Waals surface area contributed by atoms with Gasteiger partial charge in [0.25, 0.3) is 0 Å². The van der Waals surface area contributed by atoms with Gasteiger partial charge in [-0.3, -0.25) is 31.9 Å². The van der Waals surface area contributed by atoms with Gasteiger partial charge < -0.3 is 5.56 Å². The summed E-state index contributed by atoms with van der Waals surface area (Å²) in [6, 6.07) is 0. The molecule has 1 aromatic carbocycles. The van der Waals surface area contributed by atoms with Crippen LogP contribution in [0.3, 0.4) is 0 Å². The summed E-state index contributed by atoms with van der Waals surface area (Å²) in [5.74, 6) is 0. The van der Waals surface area contributed by atoms with Gasteiger partial charge in [-0.2, -0.15) is 0 Å². The predicted molar refractivity (Wildman–Crippen MR) is 79.7 cm³/mol. The van der Waals surface area contributed by atoms with Gasteiger partial charge in [-0.05, 0) is 8.86 Å². The molecule has 6 heteroatoms. The predicted octanol–water partition coefficient (Wildman–Crippen LogP) is 4.29. The topological polar surface area (TPSA) is 0 Å². The Morgan fingerprint density at radius 3 is 1.06 bits per heavy atom. The first-order chi connectivity index (χ1) is 6.54. The number of hydrogen-bond donors (Lipinski definition) is 0. The standard InChI is InChI=1S/C12H12I2.4Lr/c1-7-8(2)11(5-13)10(4)12(6-14)9(7)3;;;;/h1-6H2;;;;/q-4;;;;. The molecule has 1 aromatic rings. The Kier molecular flexibility index (Phi) is 9.83. The maximum absolute atomic E-state index is 4.11. The van der Waals surface area contributed by atoms with E-state index in [1.165, 1.54) is 11.1 Å². The quantitative estimate of drug-likeness (QED) is 0.236. The first-order valence-electron chi connectivity index (χ1n) is 4.16. The third kappa shape index (κ3) is 2.59. The summed E-state index contributed by atoms with van der Waals surface area (Å²) in [6.45, 7) is 16.2. The van der Waals surface area contributed by atoms with Crippen LogP contribution in [-0.2, 0) is 8.86 Å². The molecule has 0 amide bonds. The van der Waals surface area contributed by atoms with Crippen molar-refractivity contribution in [3.8, 4) is 0 Å². The van der Waals surface area contributed by atoms with Crippen molar-refractivity contribution in [1.82, 2.24) is 0 Å². The summed E-state index contributed by atoms with van der Waals surface area (Å²) in [5, 5.41) is 0. The van der Waals surface area contributed by atoms with Crippen LogP contribution in [0.25, 0.3) is 0 Å². The first-order valence-corrected chi connectivity index (χ1v) is 7.21. The minimum atomic E-state index is 0. The van der Waals surface area contributed by atoms with Crippen LogP contribution < -0.4 is 0 Å². The largest absolute Gasteiger partial charge is 0.316 e. The Morgan fingerprint density at radius 2 is 0.833 bits per heavy atom. The molecule has 0 nitrogen and oxygen atoms in total. The van der Waals surface area contributed by atoms with Crippen LogP contribution in [-0.4, -0.2) is 0 Å². The molecule has 0 bridgehead atoms. The van der Waals surface area contributed by atoms with E-state index >= 15 is 0 Å². The van der Waals surface area contributed by atoms with Gasteiger partial charge in [-0.25, -0.2) is 23.6 Å². The van der Waals surface area contributed by atoms with E-state index in [9.17, 15) is 0 Å². The van der Waals surface area contributed by atoms with Gasteiger partial charge >= 0.3 is 0 Å². The monoisotopic (exact) mass is 1460 g/mol. The van der Waals surface area contributed by atoms with Gasteiger partial charge in [0.1, 0.15) is 0 Å². The van der Waals surface area contributed by atoms with E-state index in [-0.39, 0.29) is 0 Å². The van der Waals surface area contributed by atoms with Crippen LogP contribution in [0.4, 0.5) is 0 Å². The minimum absolute atomic E-state index is 0. The number of alkyl halides is 2. The maximum Gasteiger partial charge on any atom is 0 e. The first kappa shape index (κ1) is 23.8. The Morgan fingerprint density at radius 1 is 0.556 bits per heavy atom. The fraction of sp³-hybridized carbons (Fsp3) is 0.167. The molecule has 0 spiro atoms. The van der Waals surface area contributed by atoms with E-state index in [4.69, 9.17) is 0 Å². The normalized spacial score (nSPS) is 8.11. The maximum atomic E-state index is 4.11. The summed E-state index contributed by atoms with van der Waals surface area (Å²) in [6.07, 6.45) is 0. The van der Waals surface area contributed by atoms with E-state index < -0.39 is 0 Å². The number of rotatable bonds is 2. The Hall–Kier alpha value is -3.84. The zero-order chi connectivity index (χ0) is 10.9. The van der Waals surface area contributed by atoms with Crippen molar-refractivity contribution in [2.45, 2.75) is 8.86 Å².